The van der Waals surface area contributed by atoms with E-state index in [-0.39, 0.29) is 5.92 Å². The summed E-state index contributed by atoms with van der Waals surface area (Å²) in [5.41, 5.74) is 2.69. The molecule has 1 aromatic rings. The van der Waals surface area contributed by atoms with Crippen molar-refractivity contribution in [3.63, 3.8) is 0 Å². The first-order valence-electron chi connectivity index (χ1n) is 6.87. The zero-order valence-electron chi connectivity index (χ0n) is 10.5. The summed E-state index contributed by atoms with van der Waals surface area (Å²) in [4.78, 5) is 12.5. The second-order valence-corrected chi connectivity index (χ2v) is 5.83. The first-order chi connectivity index (χ1) is 8.25. The van der Waals surface area contributed by atoms with Crippen molar-refractivity contribution in [1.29, 1.82) is 0 Å². The summed E-state index contributed by atoms with van der Waals surface area (Å²) in [5, 5.41) is 0. The minimum absolute atomic E-state index is 0.224. The molecule has 3 rings (SSSR count). The van der Waals surface area contributed by atoms with Crippen molar-refractivity contribution in [3.05, 3.63) is 35.4 Å². The average molecular weight is 228 g/mol. The molecular formula is C16H20O. The molecule has 1 heteroatoms. The molecule has 0 bridgehead atoms. The summed E-state index contributed by atoms with van der Waals surface area (Å²) in [6.45, 7) is 2.29. The number of benzene rings is 1. The van der Waals surface area contributed by atoms with E-state index in [0.717, 1.165) is 25.2 Å². The molecule has 0 spiro atoms. The molecule has 1 saturated carbocycles. The predicted octanol–water partition coefficient (Wildman–Crippen LogP) is 3.72. The van der Waals surface area contributed by atoms with Crippen LogP contribution in [0.4, 0.5) is 0 Å². The Bertz CT molecular complexity index is 435. The van der Waals surface area contributed by atoms with Gasteiger partial charge in [0.15, 0.2) is 0 Å². The topological polar surface area (TPSA) is 17.1 Å². The van der Waals surface area contributed by atoms with E-state index < -0.39 is 0 Å². The van der Waals surface area contributed by atoms with Gasteiger partial charge in [0.2, 0.25) is 0 Å². The monoisotopic (exact) mass is 228 g/mol. The van der Waals surface area contributed by atoms with E-state index in [2.05, 4.69) is 31.2 Å². The first kappa shape index (κ1) is 11.0. The van der Waals surface area contributed by atoms with Crippen LogP contribution in [0, 0.1) is 11.8 Å². The van der Waals surface area contributed by atoms with Gasteiger partial charge < -0.3 is 0 Å². The van der Waals surface area contributed by atoms with Crippen LogP contribution in [0.25, 0.3) is 0 Å². The SMILES string of the molecule is CC1CCCC(C(=O)C2Cc3ccccc32)C1. The molecule has 1 aromatic carbocycles. The molecule has 2 aliphatic carbocycles. The number of carbonyl (C=O) groups is 1. The van der Waals surface area contributed by atoms with Crippen LogP contribution in [0.2, 0.25) is 0 Å². The highest BCUT2D eigenvalue weighted by Crippen LogP contribution is 2.40. The summed E-state index contributed by atoms with van der Waals surface area (Å²) in [5.74, 6) is 1.84. The third-order valence-corrected chi connectivity index (χ3v) is 4.54. The van der Waals surface area contributed by atoms with Gasteiger partial charge in [0.05, 0.1) is 0 Å². The van der Waals surface area contributed by atoms with Crippen molar-refractivity contribution in [1.82, 2.24) is 0 Å². The first-order valence-corrected chi connectivity index (χ1v) is 6.87. The highest BCUT2D eigenvalue weighted by atomic mass is 16.1. The van der Waals surface area contributed by atoms with Crippen molar-refractivity contribution in [2.45, 2.75) is 44.9 Å². The Labute approximate surface area is 103 Å². The van der Waals surface area contributed by atoms with Crippen LogP contribution in [0.5, 0.6) is 0 Å². The van der Waals surface area contributed by atoms with Crippen LogP contribution in [0.15, 0.2) is 24.3 Å². The van der Waals surface area contributed by atoms with E-state index in [9.17, 15) is 4.79 Å². The fourth-order valence-electron chi connectivity index (χ4n) is 3.49. The van der Waals surface area contributed by atoms with Gasteiger partial charge in [-0.2, -0.15) is 0 Å². The Balaban J connectivity index is 1.72. The smallest absolute Gasteiger partial charge is 0.143 e. The molecular weight excluding hydrogens is 208 g/mol. The summed E-state index contributed by atoms with van der Waals surface area (Å²) >= 11 is 0. The number of rotatable bonds is 2. The van der Waals surface area contributed by atoms with E-state index in [0.29, 0.717) is 11.7 Å². The summed E-state index contributed by atoms with van der Waals surface area (Å²) in [7, 11) is 0. The van der Waals surface area contributed by atoms with Crippen LogP contribution in [-0.2, 0) is 11.2 Å². The van der Waals surface area contributed by atoms with E-state index >= 15 is 0 Å². The van der Waals surface area contributed by atoms with E-state index in [1.807, 2.05) is 0 Å². The lowest BCUT2D eigenvalue weighted by atomic mass is 9.69. The van der Waals surface area contributed by atoms with Gasteiger partial charge in [-0.15, -0.1) is 0 Å². The third kappa shape index (κ3) is 1.92. The van der Waals surface area contributed by atoms with Crippen LogP contribution in [0.1, 0.15) is 49.7 Å². The molecule has 0 heterocycles. The molecule has 3 unspecified atom stereocenters. The molecule has 3 atom stereocenters. The van der Waals surface area contributed by atoms with Gasteiger partial charge in [0.1, 0.15) is 5.78 Å². The second kappa shape index (κ2) is 4.29. The molecule has 2 aliphatic rings. The van der Waals surface area contributed by atoms with E-state index in [1.54, 1.807) is 0 Å². The maximum absolute atomic E-state index is 12.5. The maximum atomic E-state index is 12.5. The zero-order valence-corrected chi connectivity index (χ0v) is 10.5. The highest BCUT2D eigenvalue weighted by Gasteiger charge is 2.36. The van der Waals surface area contributed by atoms with Gasteiger partial charge in [-0.05, 0) is 36.3 Å². The fraction of sp³-hybridized carbons (Fsp3) is 0.562. The molecule has 0 saturated heterocycles. The molecule has 0 radical (unpaired) electrons. The Morgan fingerprint density at radius 1 is 1.24 bits per heavy atom. The van der Waals surface area contributed by atoms with Crippen molar-refractivity contribution >= 4 is 5.78 Å². The Kier molecular flexibility index (Phi) is 2.78. The normalized spacial score (nSPS) is 31.5. The largest absolute Gasteiger partial charge is 0.299 e. The van der Waals surface area contributed by atoms with E-state index in [1.165, 1.54) is 24.0 Å². The van der Waals surface area contributed by atoms with Gasteiger partial charge in [-0.3, -0.25) is 4.79 Å². The highest BCUT2D eigenvalue weighted by molar-refractivity contribution is 5.90. The lowest BCUT2D eigenvalue weighted by Gasteiger charge is -2.34. The van der Waals surface area contributed by atoms with Gasteiger partial charge in [0, 0.05) is 11.8 Å². The van der Waals surface area contributed by atoms with Crippen molar-refractivity contribution in [2.24, 2.45) is 11.8 Å². The Morgan fingerprint density at radius 2 is 2.06 bits per heavy atom. The Morgan fingerprint density at radius 3 is 2.82 bits per heavy atom. The number of fused-ring (bicyclic) bond motifs is 1. The second-order valence-electron chi connectivity index (χ2n) is 5.83. The molecule has 90 valence electrons. The van der Waals surface area contributed by atoms with Crippen LogP contribution in [0.3, 0.4) is 0 Å². The minimum atomic E-state index is 0.224. The van der Waals surface area contributed by atoms with Crippen LogP contribution in [-0.4, -0.2) is 5.78 Å². The number of carbonyl (C=O) groups excluding carboxylic acids is 1. The molecule has 0 aromatic heterocycles. The van der Waals surface area contributed by atoms with Crippen LogP contribution < -0.4 is 0 Å². The minimum Gasteiger partial charge on any atom is -0.299 e. The van der Waals surface area contributed by atoms with Gasteiger partial charge in [-0.1, -0.05) is 44.0 Å². The number of ketones is 1. The summed E-state index contributed by atoms with van der Waals surface area (Å²) in [6.07, 6.45) is 5.79. The molecule has 0 amide bonds. The van der Waals surface area contributed by atoms with Gasteiger partial charge in [0.25, 0.3) is 0 Å². The maximum Gasteiger partial charge on any atom is 0.143 e. The standard InChI is InChI=1S/C16H20O/c1-11-5-4-7-13(9-11)16(17)15-10-12-6-2-3-8-14(12)15/h2-3,6,8,11,13,15H,4-5,7,9-10H2,1H3. The molecule has 1 fully saturated rings. The Hall–Kier alpha value is -1.11. The number of Topliss-reactive ketones (excluding diaryl/α,β-unsaturated/α-hetero) is 1. The summed E-state index contributed by atoms with van der Waals surface area (Å²) in [6, 6.07) is 8.42. The lowest BCUT2D eigenvalue weighted by Crippen LogP contribution is -2.32. The third-order valence-electron chi connectivity index (χ3n) is 4.54. The molecule has 0 aliphatic heterocycles. The average Bonchev–Trinajstić information content (AvgIpc) is 2.30. The van der Waals surface area contributed by atoms with Crippen molar-refractivity contribution < 1.29 is 4.79 Å². The number of hydrogen-bond donors (Lipinski definition) is 0. The molecule has 0 N–H and O–H groups in total. The van der Waals surface area contributed by atoms with Crippen LogP contribution >= 0.6 is 0 Å². The van der Waals surface area contributed by atoms with Crippen molar-refractivity contribution in [2.75, 3.05) is 0 Å². The lowest BCUT2D eigenvalue weighted by molar-refractivity contribution is -0.126. The quantitative estimate of drug-likeness (QED) is 0.754. The van der Waals surface area contributed by atoms with Gasteiger partial charge in [-0.25, -0.2) is 0 Å². The number of hydrogen-bond acceptors (Lipinski definition) is 1. The summed E-state index contributed by atoms with van der Waals surface area (Å²) < 4.78 is 0. The van der Waals surface area contributed by atoms with Gasteiger partial charge >= 0.3 is 0 Å². The molecule has 1 nitrogen and oxygen atoms in total. The zero-order chi connectivity index (χ0) is 11.8. The van der Waals surface area contributed by atoms with Crippen molar-refractivity contribution in [3.8, 4) is 0 Å². The fourth-order valence-corrected chi connectivity index (χ4v) is 3.49. The van der Waals surface area contributed by atoms with E-state index in [4.69, 9.17) is 0 Å². The predicted molar refractivity (Wildman–Crippen MR) is 69.0 cm³/mol. The molecule has 17 heavy (non-hydrogen) atoms.